The minimum Gasteiger partial charge on any atom is -0.458 e. The van der Waals surface area contributed by atoms with E-state index in [0.717, 1.165) is 6.08 Å². The normalized spacial score (nSPS) is 49.4. The average molecular weight is 495 g/mol. The second kappa shape index (κ2) is 7.29. The smallest absolute Gasteiger partial charge is 0.303 e. The maximum atomic E-state index is 17.3. The molecule has 3 saturated carbocycles. The van der Waals surface area contributed by atoms with Crippen LogP contribution in [-0.4, -0.2) is 64.7 Å². The molecule has 1 saturated heterocycles. The first-order chi connectivity index (χ1) is 16.1. The molecule has 9 atom stereocenters. The van der Waals surface area contributed by atoms with Crippen LogP contribution in [-0.2, 0) is 28.6 Å². The Balaban J connectivity index is 1.62. The van der Waals surface area contributed by atoms with Gasteiger partial charge in [-0.15, -0.1) is 0 Å². The third-order valence-corrected chi connectivity index (χ3v) is 9.44. The number of carbonyl (C=O) groups excluding carboxylic acids is 3. The summed E-state index contributed by atoms with van der Waals surface area (Å²) in [6.07, 6.45) is -0.345. The molecule has 35 heavy (non-hydrogen) atoms. The van der Waals surface area contributed by atoms with Crippen LogP contribution in [0.3, 0.4) is 0 Å². The molecule has 0 radical (unpaired) electrons. The summed E-state index contributed by atoms with van der Waals surface area (Å²) >= 11 is 0. The fourth-order valence-corrected chi connectivity index (χ4v) is 8.08. The van der Waals surface area contributed by atoms with Crippen molar-refractivity contribution >= 4 is 17.5 Å². The van der Waals surface area contributed by atoms with Crippen molar-refractivity contribution in [2.75, 3.05) is 6.61 Å². The lowest BCUT2D eigenvalue weighted by atomic mass is 9.44. The third-order valence-electron chi connectivity index (χ3n) is 9.44. The number of allylic oxidation sites excluding steroid dienone is 4. The van der Waals surface area contributed by atoms with Crippen LogP contribution in [0.5, 0.6) is 0 Å². The van der Waals surface area contributed by atoms with Gasteiger partial charge in [0.15, 0.2) is 29.4 Å². The van der Waals surface area contributed by atoms with Gasteiger partial charge in [0.2, 0.25) is 5.78 Å². The molecule has 1 unspecified atom stereocenters. The number of ketones is 2. The molecule has 0 aromatic carbocycles. The number of Topliss-reactive ketones (excluding diaryl/α,β-unsaturated/α-hetero) is 1. The first-order valence-corrected chi connectivity index (χ1v) is 12.1. The Bertz CT molecular complexity index is 1070. The van der Waals surface area contributed by atoms with Gasteiger partial charge < -0.3 is 19.3 Å². The minimum absolute atomic E-state index is 0.0406. The Morgan fingerprint density at radius 2 is 1.89 bits per heavy atom. The maximum Gasteiger partial charge on any atom is 0.303 e. The van der Waals surface area contributed by atoms with Crippen molar-refractivity contribution < 1.29 is 42.5 Å². The van der Waals surface area contributed by atoms with E-state index < -0.39 is 82.2 Å². The summed E-state index contributed by atoms with van der Waals surface area (Å²) in [6.45, 7) is 7.28. The first-order valence-electron chi connectivity index (χ1n) is 12.1. The van der Waals surface area contributed by atoms with E-state index in [-0.39, 0.29) is 24.8 Å². The van der Waals surface area contributed by atoms with Crippen LogP contribution >= 0.6 is 0 Å². The molecule has 4 fully saturated rings. The van der Waals surface area contributed by atoms with Crippen LogP contribution < -0.4 is 0 Å². The summed E-state index contributed by atoms with van der Waals surface area (Å²) in [5.74, 6) is -4.23. The molecule has 192 valence electrons. The minimum atomic E-state index is -2.27. The standard InChI is InChI=1S/C26H32F2O7/c1-13(29)33-12-20(32)26-21(34-22(2,3)35-26)10-15-16-9-18(27)17-8-14(30)6-7-23(17,4)25(16,28)19(31)11-24(15,26)5/h6-8,15-16,18-19,21,31H,9-12H2,1-5H3/t15?,16-,18-,19-,21+,23-,24-,25-,26+/m0/s1. The fourth-order valence-electron chi connectivity index (χ4n) is 8.08. The van der Waals surface area contributed by atoms with Gasteiger partial charge >= 0.3 is 5.97 Å². The van der Waals surface area contributed by atoms with Crippen molar-refractivity contribution in [1.29, 1.82) is 0 Å². The quantitative estimate of drug-likeness (QED) is 0.603. The number of hydrogen-bond acceptors (Lipinski definition) is 7. The van der Waals surface area contributed by atoms with Crippen molar-refractivity contribution in [1.82, 2.24) is 0 Å². The Morgan fingerprint density at radius 1 is 1.20 bits per heavy atom. The van der Waals surface area contributed by atoms with Crippen LogP contribution in [0.15, 0.2) is 23.8 Å². The summed E-state index contributed by atoms with van der Waals surface area (Å²) in [4.78, 5) is 37.1. The van der Waals surface area contributed by atoms with Crippen LogP contribution in [0.25, 0.3) is 0 Å². The zero-order valence-electron chi connectivity index (χ0n) is 20.6. The predicted octanol–water partition coefficient (Wildman–Crippen LogP) is 2.94. The highest BCUT2D eigenvalue weighted by Gasteiger charge is 2.80. The van der Waals surface area contributed by atoms with Gasteiger partial charge in [0.1, 0.15) is 6.17 Å². The molecular weight excluding hydrogens is 462 g/mol. The molecule has 0 aromatic heterocycles. The lowest BCUT2D eigenvalue weighted by Gasteiger charge is -2.63. The van der Waals surface area contributed by atoms with Crippen molar-refractivity contribution in [3.8, 4) is 0 Å². The summed E-state index contributed by atoms with van der Waals surface area (Å²) in [5, 5.41) is 11.5. The van der Waals surface area contributed by atoms with E-state index in [1.807, 2.05) is 0 Å². The van der Waals surface area contributed by atoms with Gasteiger partial charge in [-0.1, -0.05) is 13.0 Å². The highest BCUT2D eigenvalue weighted by molar-refractivity contribution is 6.01. The Hall–Kier alpha value is -1.97. The number of alkyl halides is 2. The van der Waals surface area contributed by atoms with Crippen LogP contribution in [0, 0.1) is 22.7 Å². The van der Waals surface area contributed by atoms with E-state index in [1.165, 1.54) is 26.0 Å². The molecule has 0 amide bonds. The highest BCUT2D eigenvalue weighted by Crippen LogP contribution is 2.72. The van der Waals surface area contributed by atoms with Gasteiger partial charge in [-0.25, -0.2) is 8.78 Å². The molecule has 9 heteroatoms. The van der Waals surface area contributed by atoms with Crippen LogP contribution in [0.4, 0.5) is 8.78 Å². The molecule has 1 heterocycles. The number of aliphatic hydroxyl groups excluding tert-OH is 1. The first kappa shape index (κ1) is 24.7. The van der Waals surface area contributed by atoms with Crippen molar-refractivity contribution in [3.63, 3.8) is 0 Å². The van der Waals surface area contributed by atoms with Crippen molar-refractivity contribution in [2.24, 2.45) is 22.7 Å². The van der Waals surface area contributed by atoms with E-state index >= 15 is 8.78 Å². The predicted molar refractivity (Wildman–Crippen MR) is 118 cm³/mol. The second-order valence-corrected chi connectivity index (χ2v) is 11.6. The highest BCUT2D eigenvalue weighted by atomic mass is 19.1. The number of ether oxygens (including phenoxy) is 3. The van der Waals surface area contributed by atoms with E-state index in [9.17, 15) is 19.5 Å². The Labute approximate surface area is 202 Å². The monoisotopic (exact) mass is 494 g/mol. The largest absolute Gasteiger partial charge is 0.458 e. The second-order valence-electron chi connectivity index (χ2n) is 11.6. The van der Waals surface area contributed by atoms with Crippen LogP contribution in [0.2, 0.25) is 0 Å². The molecule has 5 aliphatic rings. The van der Waals surface area contributed by atoms with E-state index in [4.69, 9.17) is 14.2 Å². The van der Waals surface area contributed by atoms with Gasteiger partial charge in [-0.3, -0.25) is 14.4 Å². The van der Waals surface area contributed by atoms with Gasteiger partial charge in [-0.05, 0) is 63.7 Å². The lowest BCUT2D eigenvalue weighted by molar-refractivity contribution is -0.249. The number of rotatable bonds is 3. The molecule has 5 rings (SSSR count). The van der Waals surface area contributed by atoms with E-state index in [1.54, 1.807) is 20.8 Å². The lowest BCUT2D eigenvalue weighted by Crippen LogP contribution is -2.71. The van der Waals surface area contributed by atoms with Gasteiger partial charge in [0.05, 0.1) is 12.2 Å². The topological polar surface area (TPSA) is 99.1 Å². The number of hydrogen-bond donors (Lipinski definition) is 1. The average Bonchev–Trinajstić information content (AvgIpc) is 3.16. The van der Waals surface area contributed by atoms with Gasteiger partial charge in [0, 0.05) is 23.7 Å². The summed E-state index contributed by atoms with van der Waals surface area (Å²) in [6, 6.07) is 0. The molecule has 7 nitrogen and oxygen atoms in total. The SMILES string of the molecule is CC(=O)OCC(=O)[C@@]12OC(C)(C)O[C@@H]1CC1[C@@H]3C[C@H](F)C4=CC(=O)C=C[C@]4(C)[C@@]3(F)[C@@H](O)C[C@@]12C. The molecule has 1 N–H and O–H groups in total. The number of halogens is 2. The molecule has 0 spiro atoms. The Morgan fingerprint density at radius 3 is 2.54 bits per heavy atom. The zero-order chi connectivity index (χ0) is 25.8. The van der Waals surface area contributed by atoms with Crippen molar-refractivity contribution in [2.45, 2.75) is 89.3 Å². The number of aliphatic hydroxyl groups is 1. The molecule has 1 aliphatic heterocycles. The maximum absolute atomic E-state index is 17.3. The van der Waals surface area contributed by atoms with E-state index in [2.05, 4.69) is 0 Å². The molecular formula is C26H32F2O7. The molecule has 0 aromatic rings. The van der Waals surface area contributed by atoms with E-state index in [0.29, 0.717) is 0 Å². The van der Waals surface area contributed by atoms with Gasteiger partial charge in [-0.2, -0.15) is 0 Å². The summed E-state index contributed by atoms with van der Waals surface area (Å²) < 4.78 is 50.3. The summed E-state index contributed by atoms with van der Waals surface area (Å²) in [5.41, 5.74) is -6.46. The third kappa shape index (κ3) is 2.95. The van der Waals surface area contributed by atoms with Gasteiger partial charge in [0.25, 0.3) is 0 Å². The van der Waals surface area contributed by atoms with Crippen LogP contribution in [0.1, 0.15) is 53.9 Å². The number of fused-ring (bicyclic) bond motifs is 7. The zero-order valence-corrected chi connectivity index (χ0v) is 20.6. The van der Waals surface area contributed by atoms with Crippen molar-refractivity contribution in [3.05, 3.63) is 23.8 Å². The number of carbonyl (C=O) groups is 3. The summed E-state index contributed by atoms with van der Waals surface area (Å²) in [7, 11) is 0. The number of esters is 1. The molecule has 0 bridgehead atoms. The Kier molecular flexibility index (Phi) is 5.15. The molecule has 4 aliphatic carbocycles. The fraction of sp³-hybridized carbons (Fsp3) is 0.731.